The molecule has 25 heavy (non-hydrogen) atoms. The first-order valence-electron chi connectivity index (χ1n) is 8.27. The average molecular weight is 347 g/mol. The van der Waals surface area contributed by atoms with Crippen LogP contribution in [0.4, 0.5) is 5.69 Å². The average Bonchev–Trinajstić information content (AvgIpc) is 2.60. The lowest BCUT2D eigenvalue weighted by atomic mass is 10.1. The number of rotatable bonds is 5. The van der Waals surface area contributed by atoms with E-state index in [2.05, 4.69) is 11.4 Å². The second-order valence-electron chi connectivity index (χ2n) is 6.09. The number of amides is 1. The van der Waals surface area contributed by atoms with E-state index in [1.807, 2.05) is 86.6 Å². The molecule has 0 spiro atoms. The Hall–Kier alpha value is -2.52. The quantitative estimate of drug-likeness (QED) is 0.593. The molecule has 1 unspecified atom stereocenters. The number of hydrogen-bond acceptors (Lipinski definition) is 2. The molecular formula is C22H21NOS. The van der Waals surface area contributed by atoms with Gasteiger partial charge >= 0.3 is 0 Å². The van der Waals surface area contributed by atoms with Gasteiger partial charge in [0, 0.05) is 10.6 Å². The van der Waals surface area contributed by atoms with Crippen molar-refractivity contribution in [3.63, 3.8) is 0 Å². The number of thioether (sulfide) groups is 1. The number of aryl methyl sites for hydroxylation is 2. The van der Waals surface area contributed by atoms with Gasteiger partial charge in [-0.1, -0.05) is 54.6 Å². The van der Waals surface area contributed by atoms with Crippen molar-refractivity contribution in [1.82, 2.24) is 0 Å². The van der Waals surface area contributed by atoms with E-state index >= 15 is 0 Å². The molecule has 0 aliphatic carbocycles. The summed E-state index contributed by atoms with van der Waals surface area (Å²) in [5, 5.41) is 2.78. The van der Waals surface area contributed by atoms with E-state index in [0.29, 0.717) is 0 Å². The summed E-state index contributed by atoms with van der Waals surface area (Å²) < 4.78 is 0. The first-order chi connectivity index (χ1) is 12.1. The molecule has 1 amide bonds. The van der Waals surface area contributed by atoms with Gasteiger partial charge in [-0.25, -0.2) is 0 Å². The Bertz CT molecular complexity index is 826. The summed E-state index contributed by atoms with van der Waals surface area (Å²) in [7, 11) is 0. The molecule has 0 radical (unpaired) electrons. The summed E-state index contributed by atoms with van der Waals surface area (Å²) in [5.74, 6) is -0.00921. The zero-order chi connectivity index (χ0) is 17.6. The largest absolute Gasteiger partial charge is 0.325 e. The van der Waals surface area contributed by atoms with Crippen molar-refractivity contribution < 1.29 is 4.79 Å². The maximum atomic E-state index is 13.0. The lowest BCUT2D eigenvalue weighted by Crippen LogP contribution is -2.19. The Morgan fingerprint density at radius 3 is 2.00 bits per heavy atom. The summed E-state index contributed by atoms with van der Waals surface area (Å²) >= 11 is 1.57. The fraction of sp³-hybridized carbons (Fsp3) is 0.136. The first-order valence-corrected chi connectivity index (χ1v) is 9.15. The molecule has 0 aliphatic rings. The van der Waals surface area contributed by atoms with Crippen LogP contribution in [0.3, 0.4) is 0 Å². The van der Waals surface area contributed by atoms with Crippen LogP contribution in [-0.2, 0) is 4.79 Å². The van der Waals surface area contributed by atoms with E-state index in [9.17, 15) is 4.79 Å². The van der Waals surface area contributed by atoms with E-state index in [-0.39, 0.29) is 11.2 Å². The smallest absolute Gasteiger partial charge is 0.242 e. The minimum absolute atomic E-state index is 0.00921. The van der Waals surface area contributed by atoms with Gasteiger partial charge in [0.1, 0.15) is 5.25 Å². The molecule has 3 aromatic carbocycles. The summed E-state index contributed by atoms with van der Waals surface area (Å²) in [4.78, 5) is 14.1. The van der Waals surface area contributed by atoms with Crippen LogP contribution in [0.25, 0.3) is 0 Å². The third kappa shape index (κ3) is 4.74. The molecule has 3 rings (SSSR count). The molecule has 1 N–H and O–H groups in total. The van der Waals surface area contributed by atoms with Crippen molar-refractivity contribution in [3.05, 3.63) is 95.6 Å². The van der Waals surface area contributed by atoms with Crippen LogP contribution in [0.1, 0.15) is 21.9 Å². The standard InChI is InChI=1S/C22H21NOS/c1-16-13-17(2)15-19(14-16)23-22(24)21(18-9-5-3-6-10-18)25-20-11-7-4-8-12-20/h3-15,21H,1-2H3,(H,23,24). The second-order valence-corrected chi connectivity index (χ2v) is 7.27. The lowest BCUT2D eigenvalue weighted by Gasteiger charge is -2.17. The number of nitrogens with one attached hydrogen (secondary N) is 1. The normalized spacial score (nSPS) is 11.8. The number of anilines is 1. The fourth-order valence-electron chi connectivity index (χ4n) is 2.79. The van der Waals surface area contributed by atoms with Crippen LogP contribution in [0.5, 0.6) is 0 Å². The van der Waals surface area contributed by atoms with E-state index in [4.69, 9.17) is 0 Å². The highest BCUT2D eigenvalue weighted by Gasteiger charge is 2.22. The highest BCUT2D eigenvalue weighted by atomic mass is 32.2. The van der Waals surface area contributed by atoms with Crippen molar-refractivity contribution in [2.45, 2.75) is 24.0 Å². The maximum Gasteiger partial charge on any atom is 0.242 e. The monoisotopic (exact) mass is 347 g/mol. The minimum Gasteiger partial charge on any atom is -0.325 e. The van der Waals surface area contributed by atoms with E-state index in [0.717, 1.165) is 27.3 Å². The maximum absolute atomic E-state index is 13.0. The highest BCUT2D eigenvalue weighted by Crippen LogP contribution is 2.36. The van der Waals surface area contributed by atoms with Crippen molar-refractivity contribution in [2.75, 3.05) is 5.32 Å². The zero-order valence-corrected chi connectivity index (χ0v) is 15.2. The van der Waals surface area contributed by atoms with Gasteiger partial charge in [0.25, 0.3) is 0 Å². The predicted molar refractivity (Wildman–Crippen MR) is 106 cm³/mol. The number of benzene rings is 3. The van der Waals surface area contributed by atoms with Crippen LogP contribution < -0.4 is 5.32 Å². The van der Waals surface area contributed by atoms with Gasteiger partial charge in [-0.15, -0.1) is 11.8 Å². The molecule has 3 heteroatoms. The molecule has 1 atom stereocenters. The molecular weight excluding hydrogens is 326 g/mol. The fourth-order valence-corrected chi connectivity index (χ4v) is 3.84. The van der Waals surface area contributed by atoms with Crippen molar-refractivity contribution in [1.29, 1.82) is 0 Å². The molecule has 2 nitrogen and oxygen atoms in total. The van der Waals surface area contributed by atoms with Crippen LogP contribution in [0, 0.1) is 13.8 Å². The number of carbonyl (C=O) groups excluding carboxylic acids is 1. The predicted octanol–water partition coefficient (Wildman–Crippen LogP) is 5.78. The van der Waals surface area contributed by atoms with Gasteiger partial charge in [0.05, 0.1) is 0 Å². The van der Waals surface area contributed by atoms with Gasteiger partial charge in [0.2, 0.25) is 5.91 Å². The van der Waals surface area contributed by atoms with E-state index in [1.165, 1.54) is 0 Å². The molecule has 0 heterocycles. The Morgan fingerprint density at radius 2 is 1.40 bits per heavy atom. The van der Waals surface area contributed by atoms with Crippen LogP contribution in [0.15, 0.2) is 83.8 Å². The summed E-state index contributed by atoms with van der Waals surface area (Å²) in [6.45, 7) is 4.08. The molecule has 0 aliphatic heterocycles. The minimum atomic E-state index is -0.301. The SMILES string of the molecule is Cc1cc(C)cc(NC(=O)C(Sc2ccccc2)c2ccccc2)c1. The summed E-state index contributed by atoms with van der Waals surface area (Å²) in [5.41, 5.74) is 4.12. The lowest BCUT2D eigenvalue weighted by molar-refractivity contribution is -0.115. The Kier molecular flexibility index (Phi) is 5.56. The van der Waals surface area contributed by atoms with Crippen LogP contribution >= 0.6 is 11.8 Å². The Balaban J connectivity index is 1.86. The Morgan fingerprint density at radius 1 is 0.840 bits per heavy atom. The molecule has 3 aromatic rings. The van der Waals surface area contributed by atoms with Crippen molar-refractivity contribution in [3.8, 4) is 0 Å². The van der Waals surface area contributed by atoms with Crippen LogP contribution in [0.2, 0.25) is 0 Å². The van der Waals surface area contributed by atoms with Gasteiger partial charge in [-0.3, -0.25) is 4.79 Å². The Labute approximate surface area is 153 Å². The van der Waals surface area contributed by atoms with Crippen molar-refractivity contribution in [2.24, 2.45) is 0 Å². The van der Waals surface area contributed by atoms with Gasteiger partial charge < -0.3 is 5.32 Å². The molecule has 0 saturated carbocycles. The summed E-state index contributed by atoms with van der Waals surface area (Å²) in [6, 6.07) is 26.0. The molecule has 0 fully saturated rings. The zero-order valence-electron chi connectivity index (χ0n) is 14.4. The summed E-state index contributed by atoms with van der Waals surface area (Å²) in [6.07, 6.45) is 0. The number of carbonyl (C=O) groups is 1. The number of hydrogen-bond donors (Lipinski definition) is 1. The third-order valence-corrected chi connectivity index (χ3v) is 5.09. The topological polar surface area (TPSA) is 29.1 Å². The first kappa shape index (κ1) is 17.3. The van der Waals surface area contributed by atoms with Gasteiger partial charge in [-0.05, 0) is 54.8 Å². The second kappa shape index (κ2) is 8.04. The van der Waals surface area contributed by atoms with E-state index in [1.54, 1.807) is 11.8 Å². The van der Waals surface area contributed by atoms with E-state index < -0.39 is 0 Å². The molecule has 0 saturated heterocycles. The van der Waals surface area contributed by atoms with Crippen LogP contribution in [-0.4, -0.2) is 5.91 Å². The third-order valence-electron chi connectivity index (χ3n) is 3.83. The molecule has 0 aromatic heterocycles. The highest BCUT2D eigenvalue weighted by molar-refractivity contribution is 8.00. The molecule has 0 bridgehead atoms. The van der Waals surface area contributed by atoms with Gasteiger partial charge in [-0.2, -0.15) is 0 Å². The van der Waals surface area contributed by atoms with Gasteiger partial charge in [0.15, 0.2) is 0 Å². The van der Waals surface area contributed by atoms with Crippen molar-refractivity contribution >= 4 is 23.4 Å². The molecule has 126 valence electrons.